The van der Waals surface area contributed by atoms with Gasteiger partial charge < -0.3 is 15.1 Å². The summed E-state index contributed by atoms with van der Waals surface area (Å²) < 4.78 is 0. The fourth-order valence-corrected chi connectivity index (χ4v) is 6.78. The molecule has 1 saturated carbocycles. The first-order chi connectivity index (χ1) is 18.1. The number of aliphatic hydroxyl groups excluding tert-OH is 2. The molecule has 0 aliphatic heterocycles. The van der Waals surface area contributed by atoms with Crippen LogP contribution in [0.4, 0.5) is 5.69 Å². The zero-order valence-electron chi connectivity index (χ0n) is 21.0. The molecule has 2 unspecified atom stereocenters. The van der Waals surface area contributed by atoms with Crippen molar-refractivity contribution >= 4 is 48.8 Å². The second-order valence-corrected chi connectivity index (χ2v) is 10.5. The Morgan fingerprint density at radius 2 is 0.838 bits per heavy atom. The summed E-state index contributed by atoms with van der Waals surface area (Å²) in [6.07, 6.45) is -1.41. The number of nitrogens with zero attached hydrogens (tertiary/aromatic N) is 1. The van der Waals surface area contributed by atoms with Gasteiger partial charge in [0.25, 0.3) is 0 Å². The molecule has 0 bridgehead atoms. The van der Waals surface area contributed by atoms with Gasteiger partial charge in [-0.3, -0.25) is 0 Å². The maximum atomic E-state index is 11.9. The van der Waals surface area contributed by atoms with Gasteiger partial charge in [-0.1, -0.05) is 97.1 Å². The summed E-state index contributed by atoms with van der Waals surface area (Å²) in [5.41, 5.74) is 3.25. The summed E-state index contributed by atoms with van der Waals surface area (Å²) in [7, 11) is 4.14. The Morgan fingerprint density at radius 1 is 0.486 bits per heavy atom. The van der Waals surface area contributed by atoms with Crippen LogP contribution in [0.15, 0.2) is 103 Å². The molecule has 0 amide bonds. The van der Waals surface area contributed by atoms with Crippen molar-refractivity contribution in [2.24, 2.45) is 0 Å². The summed E-state index contributed by atoms with van der Waals surface area (Å²) in [5, 5.41) is 32.7. The number of rotatable bonds is 3. The van der Waals surface area contributed by atoms with Crippen molar-refractivity contribution in [1.82, 2.24) is 0 Å². The Labute approximate surface area is 216 Å². The number of hydrogen-bond acceptors (Lipinski definition) is 3. The molecule has 3 heteroatoms. The Kier molecular flexibility index (Phi) is 5.00. The average Bonchev–Trinajstić information content (AvgIpc) is 2.92. The van der Waals surface area contributed by atoms with Crippen LogP contribution in [0.3, 0.4) is 0 Å². The minimum absolute atomic E-state index is 0.368. The normalized spacial score (nSPS) is 21.5. The van der Waals surface area contributed by atoms with E-state index in [1.165, 1.54) is 0 Å². The third kappa shape index (κ3) is 3.14. The van der Waals surface area contributed by atoms with Crippen molar-refractivity contribution in [2.45, 2.75) is 24.0 Å². The van der Waals surface area contributed by atoms with Gasteiger partial charge in [0.2, 0.25) is 0 Å². The van der Waals surface area contributed by atoms with Crippen LogP contribution < -0.4 is 4.90 Å². The fraction of sp³-hybridized carbons (Fsp3) is 0.176. The molecule has 0 spiro atoms. The van der Waals surface area contributed by atoms with E-state index < -0.39 is 12.2 Å². The fourth-order valence-electron chi connectivity index (χ4n) is 6.78. The molecule has 37 heavy (non-hydrogen) atoms. The molecule has 0 heterocycles. The largest absolute Gasteiger partial charge is 0.392 e. The van der Waals surface area contributed by atoms with Gasteiger partial charge in [0, 0.05) is 36.7 Å². The molecule has 1 aliphatic carbocycles. The molecule has 6 aromatic carbocycles. The summed E-state index contributed by atoms with van der Waals surface area (Å²) >= 11 is 0. The van der Waals surface area contributed by atoms with Crippen LogP contribution in [0, 0.1) is 0 Å². The SMILES string of the molecule is CN(C)c1c2ccccc2c(C2C(O)C(c3c4ccccc4cc4ccccc34)C2O)c2ccccc12. The molecule has 2 atom stereocenters. The first-order valence-electron chi connectivity index (χ1n) is 12.9. The second-order valence-electron chi connectivity index (χ2n) is 10.5. The van der Waals surface area contributed by atoms with E-state index >= 15 is 0 Å². The van der Waals surface area contributed by atoms with Crippen LogP contribution in [0.2, 0.25) is 0 Å². The lowest BCUT2D eigenvalue weighted by Gasteiger charge is -2.48. The number of fused-ring (bicyclic) bond motifs is 4. The third-order valence-electron chi connectivity index (χ3n) is 8.34. The van der Waals surface area contributed by atoms with Crippen LogP contribution in [-0.4, -0.2) is 36.5 Å². The van der Waals surface area contributed by atoms with Crippen LogP contribution in [0.5, 0.6) is 0 Å². The number of hydrogen-bond donors (Lipinski definition) is 2. The standard InChI is InChI=1S/C34H29NO2/c1-35(2)32-26-17-9-7-15-24(26)29(25-16-8-10-18-27(25)32)31-33(36)30(34(31)37)28-22-13-5-3-11-20(22)19-21-12-4-6-14-23(21)28/h3-19,30-31,33-34,36-37H,1-2H3. The molecular formula is C34H29NO2. The van der Waals surface area contributed by atoms with Crippen LogP contribution in [0.1, 0.15) is 23.0 Å². The lowest BCUT2D eigenvalue weighted by atomic mass is 9.61. The highest BCUT2D eigenvalue weighted by molar-refractivity contribution is 6.14. The summed E-state index contributed by atoms with van der Waals surface area (Å²) in [5.74, 6) is -0.749. The van der Waals surface area contributed by atoms with Gasteiger partial charge in [0.15, 0.2) is 0 Å². The minimum atomic E-state index is -0.707. The number of benzene rings is 6. The highest BCUT2D eigenvalue weighted by atomic mass is 16.3. The maximum absolute atomic E-state index is 11.9. The molecule has 7 rings (SSSR count). The Hall–Kier alpha value is -3.92. The zero-order valence-corrected chi connectivity index (χ0v) is 21.0. The molecule has 0 aromatic heterocycles. The van der Waals surface area contributed by atoms with Crippen LogP contribution in [-0.2, 0) is 0 Å². The Morgan fingerprint density at radius 3 is 1.27 bits per heavy atom. The topological polar surface area (TPSA) is 43.7 Å². The Bertz CT molecular complexity index is 1700. The number of anilines is 1. The first-order valence-corrected chi connectivity index (χ1v) is 12.9. The van der Waals surface area contributed by atoms with Gasteiger partial charge in [-0.2, -0.15) is 0 Å². The van der Waals surface area contributed by atoms with E-state index in [4.69, 9.17) is 0 Å². The predicted octanol–water partition coefficient (Wildman–Crippen LogP) is 6.97. The van der Waals surface area contributed by atoms with E-state index in [-0.39, 0.29) is 11.8 Å². The van der Waals surface area contributed by atoms with Crippen molar-refractivity contribution in [1.29, 1.82) is 0 Å². The van der Waals surface area contributed by atoms with Gasteiger partial charge in [-0.25, -0.2) is 0 Å². The summed E-state index contributed by atoms with van der Waals surface area (Å²) in [6.45, 7) is 0. The maximum Gasteiger partial charge on any atom is 0.0728 e. The van der Waals surface area contributed by atoms with Crippen molar-refractivity contribution < 1.29 is 10.2 Å². The van der Waals surface area contributed by atoms with Crippen molar-refractivity contribution in [3.63, 3.8) is 0 Å². The van der Waals surface area contributed by atoms with E-state index in [9.17, 15) is 10.2 Å². The van der Waals surface area contributed by atoms with Crippen LogP contribution >= 0.6 is 0 Å². The summed E-state index contributed by atoms with van der Waals surface area (Å²) in [6, 6.07) is 35.6. The van der Waals surface area contributed by atoms with Gasteiger partial charge >= 0.3 is 0 Å². The van der Waals surface area contributed by atoms with Crippen molar-refractivity contribution in [3.8, 4) is 0 Å². The smallest absolute Gasteiger partial charge is 0.0728 e. The highest BCUT2D eigenvalue weighted by Crippen LogP contribution is 2.55. The molecule has 0 saturated heterocycles. The molecular weight excluding hydrogens is 454 g/mol. The molecule has 0 radical (unpaired) electrons. The van der Waals surface area contributed by atoms with Gasteiger partial charge in [-0.05, 0) is 49.5 Å². The van der Waals surface area contributed by atoms with Crippen LogP contribution in [0.25, 0.3) is 43.1 Å². The molecule has 6 aromatic rings. The number of aliphatic hydroxyl groups is 2. The molecule has 1 aliphatic rings. The molecule has 1 fully saturated rings. The monoisotopic (exact) mass is 483 g/mol. The lowest BCUT2D eigenvalue weighted by molar-refractivity contribution is -0.0765. The van der Waals surface area contributed by atoms with Gasteiger partial charge in [0.1, 0.15) is 0 Å². The minimum Gasteiger partial charge on any atom is -0.392 e. The second kappa shape index (κ2) is 8.31. The van der Waals surface area contributed by atoms with E-state index in [2.05, 4.69) is 85.7 Å². The quantitative estimate of drug-likeness (QED) is 0.267. The predicted molar refractivity (Wildman–Crippen MR) is 155 cm³/mol. The summed E-state index contributed by atoms with van der Waals surface area (Å²) in [4.78, 5) is 2.16. The lowest BCUT2D eigenvalue weighted by Crippen LogP contribution is -2.52. The highest BCUT2D eigenvalue weighted by Gasteiger charge is 2.52. The third-order valence-corrected chi connectivity index (χ3v) is 8.34. The molecule has 3 nitrogen and oxygen atoms in total. The van der Waals surface area contributed by atoms with Crippen molar-refractivity contribution in [2.75, 3.05) is 19.0 Å². The van der Waals surface area contributed by atoms with E-state index in [1.54, 1.807) is 0 Å². The van der Waals surface area contributed by atoms with Gasteiger partial charge in [-0.15, -0.1) is 0 Å². The Balaban J connectivity index is 1.46. The van der Waals surface area contributed by atoms with E-state index in [0.29, 0.717) is 0 Å². The molecule has 2 N–H and O–H groups in total. The average molecular weight is 484 g/mol. The molecule has 182 valence electrons. The van der Waals surface area contributed by atoms with E-state index in [0.717, 1.165) is 59.9 Å². The van der Waals surface area contributed by atoms with E-state index in [1.807, 2.05) is 36.4 Å². The first kappa shape index (κ1) is 22.3. The van der Waals surface area contributed by atoms with Crippen molar-refractivity contribution in [3.05, 3.63) is 114 Å². The zero-order chi connectivity index (χ0) is 25.3. The van der Waals surface area contributed by atoms with Gasteiger partial charge in [0.05, 0.1) is 17.9 Å².